The van der Waals surface area contributed by atoms with Gasteiger partial charge in [0.05, 0.1) is 17.6 Å². The summed E-state index contributed by atoms with van der Waals surface area (Å²) in [5.74, 6) is 1.44. The zero-order valence-corrected chi connectivity index (χ0v) is 14.1. The highest BCUT2D eigenvalue weighted by Gasteiger charge is 2.13. The molecular formula is C17H15N5OS. The van der Waals surface area contributed by atoms with Crippen molar-refractivity contribution in [1.29, 1.82) is 0 Å². The lowest BCUT2D eigenvalue weighted by Gasteiger charge is -2.19. The molecule has 0 atom stereocenters. The van der Waals surface area contributed by atoms with Crippen LogP contribution in [0.2, 0.25) is 0 Å². The molecule has 1 aromatic carbocycles. The second-order valence-electron chi connectivity index (χ2n) is 5.67. The van der Waals surface area contributed by atoms with E-state index >= 15 is 0 Å². The van der Waals surface area contributed by atoms with Crippen molar-refractivity contribution in [3.8, 4) is 0 Å². The van der Waals surface area contributed by atoms with Crippen molar-refractivity contribution in [3.05, 3.63) is 57.7 Å². The molecule has 6 nitrogen and oxygen atoms in total. The van der Waals surface area contributed by atoms with Crippen molar-refractivity contribution >= 4 is 38.3 Å². The van der Waals surface area contributed by atoms with Gasteiger partial charge in [0.2, 0.25) is 0 Å². The minimum atomic E-state index is -0.0953. The zero-order valence-electron chi connectivity index (χ0n) is 13.3. The number of nitrogens with zero attached hydrogens (tertiary/aromatic N) is 4. The molecule has 120 valence electrons. The third-order valence-corrected chi connectivity index (χ3v) is 4.87. The maximum absolute atomic E-state index is 12.1. The average Bonchev–Trinajstić information content (AvgIpc) is 3.03. The molecule has 0 saturated heterocycles. The van der Waals surface area contributed by atoms with Crippen LogP contribution in [0, 0.1) is 6.92 Å². The monoisotopic (exact) mass is 337 g/mol. The van der Waals surface area contributed by atoms with Crippen LogP contribution in [0.5, 0.6) is 0 Å². The van der Waals surface area contributed by atoms with Gasteiger partial charge in [0.25, 0.3) is 5.56 Å². The van der Waals surface area contributed by atoms with Gasteiger partial charge in [-0.3, -0.25) is 4.79 Å². The first kappa shape index (κ1) is 14.8. The lowest BCUT2D eigenvalue weighted by atomic mass is 10.1. The summed E-state index contributed by atoms with van der Waals surface area (Å²) in [6, 6.07) is 7.86. The maximum atomic E-state index is 12.1. The highest BCUT2D eigenvalue weighted by molar-refractivity contribution is 7.17. The SMILES string of the molecule is Cc1cccc2ncnc(N(C)Cc3nc4ccsc4c(=O)[nH]3)c12. The lowest BCUT2D eigenvalue weighted by molar-refractivity contribution is 0.829. The number of aromatic amines is 1. The Morgan fingerprint density at radius 3 is 2.96 bits per heavy atom. The van der Waals surface area contributed by atoms with E-state index in [2.05, 4.69) is 19.9 Å². The van der Waals surface area contributed by atoms with Crippen molar-refractivity contribution in [2.75, 3.05) is 11.9 Å². The number of anilines is 1. The molecule has 0 unspecified atom stereocenters. The predicted octanol–water partition coefficient (Wildman–Crippen LogP) is 2.87. The molecule has 0 radical (unpaired) electrons. The van der Waals surface area contributed by atoms with Gasteiger partial charge >= 0.3 is 0 Å². The quantitative estimate of drug-likeness (QED) is 0.622. The van der Waals surface area contributed by atoms with E-state index < -0.39 is 0 Å². The summed E-state index contributed by atoms with van der Waals surface area (Å²) in [5, 5.41) is 2.89. The van der Waals surface area contributed by atoms with Crippen LogP contribution >= 0.6 is 11.3 Å². The van der Waals surface area contributed by atoms with Gasteiger partial charge in [0.1, 0.15) is 22.7 Å². The Labute approximate surface area is 141 Å². The molecule has 1 N–H and O–H groups in total. The number of rotatable bonds is 3. The normalized spacial score (nSPS) is 11.2. The van der Waals surface area contributed by atoms with Gasteiger partial charge in [0.15, 0.2) is 0 Å². The molecule has 7 heteroatoms. The van der Waals surface area contributed by atoms with E-state index in [9.17, 15) is 4.79 Å². The van der Waals surface area contributed by atoms with Crippen LogP contribution in [-0.2, 0) is 6.54 Å². The molecular weight excluding hydrogens is 322 g/mol. The van der Waals surface area contributed by atoms with Gasteiger partial charge in [-0.25, -0.2) is 15.0 Å². The van der Waals surface area contributed by atoms with Crippen molar-refractivity contribution in [1.82, 2.24) is 19.9 Å². The van der Waals surface area contributed by atoms with E-state index in [4.69, 9.17) is 0 Å². The molecule has 3 aromatic heterocycles. The molecule has 0 fully saturated rings. The minimum Gasteiger partial charge on any atom is -0.352 e. The van der Waals surface area contributed by atoms with Gasteiger partial charge in [-0.15, -0.1) is 11.3 Å². The fourth-order valence-corrected chi connectivity index (χ4v) is 3.57. The van der Waals surface area contributed by atoms with Gasteiger partial charge < -0.3 is 9.88 Å². The maximum Gasteiger partial charge on any atom is 0.268 e. The topological polar surface area (TPSA) is 74.8 Å². The summed E-state index contributed by atoms with van der Waals surface area (Å²) in [6.45, 7) is 2.50. The fourth-order valence-electron chi connectivity index (χ4n) is 2.85. The predicted molar refractivity (Wildman–Crippen MR) is 96.6 cm³/mol. The van der Waals surface area contributed by atoms with Crippen LogP contribution in [0.25, 0.3) is 21.1 Å². The molecule has 0 aliphatic rings. The van der Waals surface area contributed by atoms with Gasteiger partial charge in [-0.1, -0.05) is 12.1 Å². The number of H-pyrrole nitrogens is 1. The lowest BCUT2D eigenvalue weighted by Crippen LogP contribution is -2.22. The molecule has 0 aliphatic heterocycles. The Bertz CT molecular complexity index is 1100. The number of nitrogens with one attached hydrogen (secondary N) is 1. The number of thiophene rings is 1. The average molecular weight is 337 g/mol. The first-order valence-electron chi connectivity index (χ1n) is 7.51. The standard InChI is InChI=1S/C17H15N5OS/c1-10-4-3-5-11-14(10)16(19-9-18-11)22(2)8-13-20-12-6-7-24-15(12)17(23)21-13/h3-7,9H,8H2,1-2H3,(H,20,21,23). The summed E-state index contributed by atoms with van der Waals surface area (Å²) in [5.41, 5.74) is 2.66. The van der Waals surface area contributed by atoms with Crippen LogP contribution in [0.3, 0.4) is 0 Å². The zero-order chi connectivity index (χ0) is 16.7. The summed E-state index contributed by atoms with van der Waals surface area (Å²) in [6.07, 6.45) is 1.56. The first-order valence-corrected chi connectivity index (χ1v) is 8.39. The van der Waals surface area contributed by atoms with Crippen LogP contribution in [0.4, 0.5) is 5.82 Å². The molecule has 0 amide bonds. The molecule has 0 aliphatic carbocycles. The Hall–Kier alpha value is -2.80. The second kappa shape index (κ2) is 5.68. The van der Waals surface area contributed by atoms with Crippen LogP contribution in [-0.4, -0.2) is 27.0 Å². The molecule has 0 bridgehead atoms. The molecule has 0 spiro atoms. The smallest absolute Gasteiger partial charge is 0.268 e. The third-order valence-electron chi connectivity index (χ3n) is 3.96. The summed E-state index contributed by atoms with van der Waals surface area (Å²) in [4.78, 5) is 30.3. The Morgan fingerprint density at radius 1 is 1.21 bits per heavy atom. The fraction of sp³-hybridized carbons (Fsp3) is 0.176. The number of aryl methyl sites for hydroxylation is 1. The van der Waals surface area contributed by atoms with E-state index in [1.165, 1.54) is 11.3 Å². The van der Waals surface area contributed by atoms with Gasteiger partial charge in [-0.05, 0) is 30.0 Å². The molecule has 3 heterocycles. The molecule has 24 heavy (non-hydrogen) atoms. The van der Waals surface area contributed by atoms with Crippen molar-refractivity contribution < 1.29 is 0 Å². The van der Waals surface area contributed by atoms with E-state index in [0.717, 1.165) is 27.8 Å². The van der Waals surface area contributed by atoms with E-state index in [1.807, 2.05) is 48.5 Å². The van der Waals surface area contributed by atoms with E-state index in [0.29, 0.717) is 17.1 Å². The first-order chi connectivity index (χ1) is 11.6. The third kappa shape index (κ3) is 2.43. The number of hydrogen-bond acceptors (Lipinski definition) is 6. The van der Waals surface area contributed by atoms with Crippen LogP contribution in [0.15, 0.2) is 40.8 Å². The van der Waals surface area contributed by atoms with Crippen molar-refractivity contribution in [2.45, 2.75) is 13.5 Å². The second-order valence-corrected chi connectivity index (χ2v) is 6.59. The number of benzene rings is 1. The van der Waals surface area contributed by atoms with E-state index in [1.54, 1.807) is 6.33 Å². The van der Waals surface area contributed by atoms with Crippen LogP contribution < -0.4 is 10.5 Å². The highest BCUT2D eigenvalue weighted by Crippen LogP contribution is 2.26. The van der Waals surface area contributed by atoms with Gasteiger partial charge in [-0.2, -0.15) is 0 Å². The van der Waals surface area contributed by atoms with Crippen molar-refractivity contribution in [3.63, 3.8) is 0 Å². The number of fused-ring (bicyclic) bond motifs is 2. The number of hydrogen-bond donors (Lipinski definition) is 1. The van der Waals surface area contributed by atoms with Gasteiger partial charge in [0, 0.05) is 12.4 Å². The molecule has 4 aromatic rings. The molecule has 4 rings (SSSR count). The summed E-state index contributed by atoms with van der Waals surface area (Å²) < 4.78 is 0.657. The largest absolute Gasteiger partial charge is 0.352 e. The molecule has 0 saturated carbocycles. The number of aromatic nitrogens is 4. The Morgan fingerprint density at radius 2 is 2.08 bits per heavy atom. The summed E-state index contributed by atoms with van der Waals surface area (Å²) in [7, 11) is 1.94. The van der Waals surface area contributed by atoms with E-state index in [-0.39, 0.29) is 5.56 Å². The highest BCUT2D eigenvalue weighted by atomic mass is 32.1. The van der Waals surface area contributed by atoms with Crippen LogP contribution in [0.1, 0.15) is 11.4 Å². The summed E-state index contributed by atoms with van der Waals surface area (Å²) >= 11 is 1.40. The minimum absolute atomic E-state index is 0.0953. The Kier molecular flexibility index (Phi) is 3.50. The Balaban J connectivity index is 1.76. The van der Waals surface area contributed by atoms with Crippen molar-refractivity contribution in [2.24, 2.45) is 0 Å².